The van der Waals surface area contributed by atoms with Gasteiger partial charge in [-0.05, 0) is 50.5 Å². The maximum absolute atomic E-state index is 6.02. The molecule has 2 aromatic rings. The molecule has 3 heteroatoms. The van der Waals surface area contributed by atoms with Crippen LogP contribution < -0.4 is 9.47 Å². The molecule has 0 N–H and O–H groups in total. The Hall–Kier alpha value is -2.29. The lowest BCUT2D eigenvalue weighted by molar-refractivity contribution is 0.284. The fourth-order valence-corrected chi connectivity index (χ4v) is 3.11. The maximum Gasteiger partial charge on any atom is 0.161 e. The monoisotopic (exact) mass is 309 g/mol. The molecule has 2 aromatic carbocycles. The second-order valence-corrected chi connectivity index (χ2v) is 6.62. The van der Waals surface area contributed by atoms with E-state index in [-0.39, 0.29) is 5.54 Å². The van der Waals surface area contributed by atoms with Crippen LogP contribution in [0, 0.1) is 0 Å². The number of rotatable bonds is 4. The third kappa shape index (κ3) is 3.39. The highest BCUT2D eigenvalue weighted by molar-refractivity contribution is 6.01. The third-order valence-corrected chi connectivity index (χ3v) is 4.11. The molecule has 0 saturated carbocycles. The van der Waals surface area contributed by atoms with Crippen molar-refractivity contribution >= 4 is 5.71 Å². The predicted octanol–water partition coefficient (Wildman–Crippen LogP) is 4.42. The van der Waals surface area contributed by atoms with Crippen molar-refractivity contribution in [1.82, 2.24) is 0 Å². The van der Waals surface area contributed by atoms with E-state index in [0.29, 0.717) is 6.61 Å². The average molecular weight is 309 g/mol. The SMILES string of the molecule is COc1cc2c(cc1OCc1ccccc1)CC(C)(C)N=C2C. The standard InChI is InChI=1S/C20H23NO2/c1-14-17-11-18(22-4)19(10-16(17)12-20(2,3)21-14)23-13-15-8-6-5-7-9-15/h5-11H,12-13H2,1-4H3. The van der Waals surface area contributed by atoms with Gasteiger partial charge in [-0.15, -0.1) is 0 Å². The van der Waals surface area contributed by atoms with Crippen LogP contribution in [0.3, 0.4) is 0 Å². The third-order valence-electron chi connectivity index (χ3n) is 4.11. The van der Waals surface area contributed by atoms with Crippen molar-refractivity contribution in [2.75, 3.05) is 7.11 Å². The van der Waals surface area contributed by atoms with Crippen molar-refractivity contribution < 1.29 is 9.47 Å². The number of ether oxygens (including phenoxy) is 2. The van der Waals surface area contributed by atoms with Crippen LogP contribution in [-0.4, -0.2) is 18.4 Å². The highest BCUT2D eigenvalue weighted by Gasteiger charge is 2.26. The summed E-state index contributed by atoms with van der Waals surface area (Å²) in [6, 6.07) is 14.3. The molecule has 1 heterocycles. The predicted molar refractivity (Wildman–Crippen MR) is 93.8 cm³/mol. The highest BCUT2D eigenvalue weighted by atomic mass is 16.5. The number of methoxy groups -OCH3 is 1. The van der Waals surface area contributed by atoms with Crippen molar-refractivity contribution in [2.45, 2.75) is 39.3 Å². The second kappa shape index (κ2) is 6.07. The summed E-state index contributed by atoms with van der Waals surface area (Å²) < 4.78 is 11.5. The number of benzene rings is 2. The normalized spacial score (nSPS) is 15.6. The first-order valence-electron chi connectivity index (χ1n) is 7.93. The molecular formula is C20H23NO2. The molecule has 0 aliphatic carbocycles. The van der Waals surface area contributed by atoms with Gasteiger partial charge in [0.05, 0.1) is 12.6 Å². The van der Waals surface area contributed by atoms with E-state index in [9.17, 15) is 0 Å². The van der Waals surface area contributed by atoms with E-state index < -0.39 is 0 Å². The summed E-state index contributed by atoms with van der Waals surface area (Å²) in [6.07, 6.45) is 0.908. The van der Waals surface area contributed by atoms with E-state index >= 15 is 0 Å². The van der Waals surface area contributed by atoms with Gasteiger partial charge in [0, 0.05) is 11.3 Å². The van der Waals surface area contributed by atoms with Crippen LogP contribution in [-0.2, 0) is 13.0 Å². The minimum atomic E-state index is -0.0671. The lowest BCUT2D eigenvalue weighted by atomic mass is 9.87. The minimum Gasteiger partial charge on any atom is -0.493 e. The molecule has 23 heavy (non-hydrogen) atoms. The lowest BCUT2D eigenvalue weighted by Crippen LogP contribution is -2.28. The first-order chi connectivity index (χ1) is 11.0. The Morgan fingerprint density at radius 3 is 2.52 bits per heavy atom. The second-order valence-electron chi connectivity index (χ2n) is 6.62. The minimum absolute atomic E-state index is 0.0671. The van der Waals surface area contributed by atoms with E-state index in [4.69, 9.17) is 14.5 Å². The molecule has 0 aromatic heterocycles. The van der Waals surface area contributed by atoms with Gasteiger partial charge in [0.2, 0.25) is 0 Å². The van der Waals surface area contributed by atoms with E-state index in [0.717, 1.165) is 34.8 Å². The summed E-state index contributed by atoms with van der Waals surface area (Å²) in [5.74, 6) is 1.55. The fraction of sp³-hybridized carbons (Fsp3) is 0.350. The number of aliphatic imine (C=N–C) groups is 1. The zero-order valence-electron chi connectivity index (χ0n) is 14.2. The van der Waals surface area contributed by atoms with Crippen LogP contribution in [0.1, 0.15) is 37.5 Å². The molecule has 3 nitrogen and oxygen atoms in total. The first-order valence-corrected chi connectivity index (χ1v) is 7.93. The smallest absolute Gasteiger partial charge is 0.161 e. The molecular weight excluding hydrogens is 286 g/mol. The molecule has 3 rings (SSSR count). The molecule has 1 aliphatic heterocycles. The van der Waals surface area contributed by atoms with Crippen LogP contribution in [0.25, 0.3) is 0 Å². The van der Waals surface area contributed by atoms with Crippen LogP contribution in [0.2, 0.25) is 0 Å². The van der Waals surface area contributed by atoms with Crippen molar-refractivity contribution in [1.29, 1.82) is 0 Å². The zero-order valence-corrected chi connectivity index (χ0v) is 14.2. The van der Waals surface area contributed by atoms with Crippen LogP contribution in [0.15, 0.2) is 47.5 Å². The van der Waals surface area contributed by atoms with Gasteiger partial charge in [-0.2, -0.15) is 0 Å². The lowest BCUT2D eigenvalue weighted by Gasteiger charge is -2.28. The van der Waals surface area contributed by atoms with Crippen molar-refractivity contribution in [3.05, 3.63) is 59.2 Å². The van der Waals surface area contributed by atoms with E-state index in [2.05, 4.69) is 39.0 Å². The number of hydrogen-bond acceptors (Lipinski definition) is 3. The summed E-state index contributed by atoms with van der Waals surface area (Å²) in [6.45, 7) is 6.92. The molecule has 0 bridgehead atoms. The number of hydrogen-bond donors (Lipinski definition) is 0. The number of nitrogens with zero attached hydrogens (tertiary/aromatic N) is 1. The summed E-state index contributed by atoms with van der Waals surface area (Å²) in [5, 5.41) is 0. The Morgan fingerprint density at radius 1 is 1.09 bits per heavy atom. The topological polar surface area (TPSA) is 30.8 Å². The van der Waals surface area contributed by atoms with Gasteiger partial charge in [-0.3, -0.25) is 4.99 Å². The molecule has 0 fully saturated rings. The highest BCUT2D eigenvalue weighted by Crippen LogP contribution is 2.36. The first kappa shape index (κ1) is 15.6. The van der Waals surface area contributed by atoms with E-state index in [1.165, 1.54) is 5.56 Å². The van der Waals surface area contributed by atoms with Crippen LogP contribution in [0.4, 0.5) is 0 Å². The largest absolute Gasteiger partial charge is 0.493 e. The van der Waals surface area contributed by atoms with Gasteiger partial charge in [-0.1, -0.05) is 30.3 Å². The Labute approximate surface area is 138 Å². The van der Waals surface area contributed by atoms with Gasteiger partial charge in [-0.25, -0.2) is 0 Å². The molecule has 1 aliphatic rings. The molecule has 0 atom stereocenters. The quantitative estimate of drug-likeness (QED) is 0.837. The van der Waals surface area contributed by atoms with Gasteiger partial charge in [0.25, 0.3) is 0 Å². The number of fused-ring (bicyclic) bond motifs is 1. The molecule has 0 unspecified atom stereocenters. The Bertz CT molecular complexity index is 733. The molecule has 0 radical (unpaired) electrons. The molecule has 0 spiro atoms. The Balaban J connectivity index is 1.91. The summed E-state index contributed by atoms with van der Waals surface area (Å²) in [5.41, 5.74) is 4.57. The molecule has 0 amide bonds. The Morgan fingerprint density at radius 2 is 1.83 bits per heavy atom. The summed E-state index contributed by atoms with van der Waals surface area (Å²) in [4.78, 5) is 4.77. The van der Waals surface area contributed by atoms with Crippen molar-refractivity contribution in [3.8, 4) is 11.5 Å². The van der Waals surface area contributed by atoms with E-state index in [1.807, 2.05) is 24.3 Å². The van der Waals surface area contributed by atoms with Crippen LogP contribution >= 0.6 is 0 Å². The fourth-order valence-electron chi connectivity index (χ4n) is 3.11. The molecule has 0 saturated heterocycles. The summed E-state index contributed by atoms with van der Waals surface area (Å²) in [7, 11) is 1.68. The van der Waals surface area contributed by atoms with Gasteiger partial charge >= 0.3 is 0 Å². The molecule has 120 valence electrons. The maximum atomic E-state index is 6.02. The van der Waals surface area contributed by atoms with Crippen molar-refractivity contribution in [2.24, 2.45) is 4.99 Å². The van der Waals surface area contributed by atoms with Gasteiger partial charge in [0.1, 0.15) is 6.61 Å². The zero-order chi connectivity index (χ0) is 16.4. The van der Waals surface area contributed by atoms with Crippen molar-refractivity contribution in [3.63, 3.8) is 0 Å². The van der Waals surface area contributed by atoms with E-state index in [1.54, 1.807) is 7.11 Å². The Kier molecular flexibility index (Phi) is 4.12. The van der Waals surface area contributed by atoms with Crippen LogP contribution in [0.5, 0.6) is 11.5 Å². The van der Waals surface area contributed by atoms with Gasteiger partial charge < -0.3 is 9.47 Å². The average Bonchev–Trinajstić information content (AvgIpc) is 2.52. The summed E-state index contributed by atoms with van der Waals surface area (Å²) >= 11 is 0. The van der Waals surface area contributed by atoms with Gasteiger partial charge in [0.15, 0.2) is 11.5 Å².